The third kappa shape index (κ3) is 5.54. The van der Waals surface area contributed by atoms with Gasteiger partial charge in [0, 0.05) is 0 Å². The fourth-order valence-electron chi connectivity index (χ4n) is 5.12. The van der Waals surface area contributed by atoms with Crippen LogP contribution in [0.15, 0.2) is 90.1 Å². The molecule has 0 atom stereocenters. The molecular weight excluding hydrogens is 427 g/mol. The number of aliphatic hydroxyl groups is 1. The molecule has 1 aliphatic rings. The SMILES string of the molecule is ON=C(CCCCN1CCC(C(O)(c2ccccc2)c2ccccc2)CC1)c1ccc(F)cc1. The lowest BCUT2D eigenvalue weighted by atomic mass is 9.72. The molecule has 1 saturated heterocycles. The van der Waals surface area contributed by atoms with Crippen molar-refractivity contribution < 1.29 is 14.7 Å². The molecule has 0 bridgehead atoms. The van der Waals surface area contributed by atoms with Gasteiger partial charge in [-0.2, -0.15) is 0 Å². The molecule has 3 aromatic carbocycles. The van der Waals surface area contributed by atoms with Gasteiger partial charge in [0.2, 0.25) is 0 Å². The van der Waals surface area contributed by atoms with Gasteiger partial charge in [-0.1, -0.05) is 78.0 Å². The van der Waals surface area contributed by atoms with Crippen LogP contribution in [-0.4, -0.2) is 40.6 Å². The summed E-state index contributed by atoms with van der Waals surface area (Å²) in [7, 11) is 0. The largest absolute Gasteiger partial charge is 0.411 e. The second-order valence-corrected chi connectivity index (χ2v) is 9.13. The van der Waals surface area contributed by atoms with Gasteiger partial charge in [0.05, 0.1) is 5.71 Å². The molecule has 0 aromatic heterocycles. The molecule has 178 valence electrons. The van der Waals surface area contributed by atoms with E-state index >= 15 is 0 Å². The summed E-state index contributed by atoms with van der Waals surface area (Å²) in [6.45, 7) is 2.88. The Morgan fingerprint density at radius 2 is 1.41 bits per heavy atom. The molecule has 5 heteroatoms. The normalized spacial score (nSPS) is 16.0. The van der Waals surface area contributed by atoms with Crippen LogP contribution in [-0.2, 0) is 5.60 Å². The van der Waals surface area contributed by atoms with E-state index in [1.165, 1.54) is 12.1 Å². The monoisotopic (exact) mass is 460 g/mol. The van der Waals surface area contributed by atoms with Gasteiger partial charge >= 0.3 is 0 Å². The third-order valence-electron chi connectivity index (χ3n) is 7.04. The number of likely N-dealkylation sites (tertiary alicyclic amines) is 1. The molecule has 34 heavy (non-hydrogen) atoms. The summed E-state index contributed by atoms with van der Waals surface area (Å²) in [6.07, 6.45) is 4.40. The summed E-state index contributed by atoms with van der Waals surface area (Å²) in [5, 5.41) is 24.8. The van der Waals surface area contributed by atoms with E-state index in [2.05, 4.69) is 10.1 Å². The highest BCUT2D eigenvalue weighted by molar-refractivity contribution is 6.00. The van der Waals surface area contributed by atoms with Crippen LogP contribution in [0, 0.1) is 11.7 Å². The zero-order valence-electron chi connectivity index (χ0n) is 19.5. The van der Waals surface area contributed by atoms with Crippen LogP contribution in [0.1, 0.15) is 48.8 Å². The number of halogens is 1. The second-order valence-electron chi connectivity index (χ2n) is 9.13. The van der Waals surface area contributed by atoms with Crippen molar-refractivity contribution in [2.45, 2.75) is 37.7 Å². The van der Waals surface area contributed by atoms with E-state index in [1.54, 1.807) is 12.1 Å². The first-order valence-electron chi connectivity index (χ1n) is 12.1. The fraction of sp³-hybridized carbons (Fsp3) is 0.345. The Morgan fingerprint density at radius 3 is 1.94 bits per heavy atom. The quantitative estimate of drug-likeness (QED) is 0.183. The van der Waals surface area contributed by atoms with E-state index in [1.807, 2.05) is 60.7 Å². The second kappa shape index (κ2) is 11.4. The lowest BCUT2D eigenvalue weighted by molar-refractivity contribution is -0.0143. The predicted molar refractivity (Wildman–Crippen MR) is 134 cm³/mol. The number of nitrogens with zero attached hydrogens (tertiary/aromatic N) is 2. The highest BCUT2D eigenvalue weighted by atomic mass is 19.1. The van der Waals surface area contributed by atoms with Crippen LogP contribution in [0.4, 0.5) is 4.39 Å². The van der Waals surface area contributed by atoms with Crippen molar-refractivity contribution in [2.24, 2.45) is 11.1 Å². The Labute approximate surface area is 201 Å². The van der Waals surface area contributed by atoms with Gasteiger partial charge < -0.3 is 15.2 Å². The van der Waals surface area contributed by atoms with E-state index < -0.39 is 5.60 Å². The first-order chi connectivity index (χ1) is 16.6. The van der Waals surface area contributed by atoms with E-state index in [-0.39, 0.29) is 11.7 Å². The van der Waals surface area contributed by atoms with Gasteiger partial charge in [0.25, 0.3) is 0 Å². The fourth-order valence-corrected chi connectivity index (χ4v) is 5.12. The van der Waals surface area contributed by atoms with Crippen molar-refractivity contribution in [2.75, 3.05) is 19.6 Å². The molecule has 2 N–H and O–H groups in total. The zero-order valence-corrected chi connectivity index (χ0v) is 19.5. The van der Waals surface area contributed by atoms with Crippen molar-refractivity contribution >= 4 is 5.71 Å². The van der Waals surface area contributed by atoms with E-state index in [9.17, 15) is 14.7 Å². The third-order valence-corrected chi connectivity index (χ3v) is 7.04. The number of oxime groups is 1. The first kappa shape index (κ1) is 24.1. The topological polar surface area (TPSA) is 56.1 Å². The van der Waals surface area contributed by atoms with Crippen molar-refractivity contribution in [3.8, 4) is 0 Å². The summed E-state index contributed by atoms with van der Waals surface area (Å²) < 4.78 is 13.1. The lowest BCUT2D eigenvalue weighted by Crippen LogP contribution is -2.44. The Morgan fingerprint density at radius 1 is 0.853 bits per heavy atom. The van der Waals surface area contributed by atoms with Gasteiger partial charge in [0.15, 0.2) is 0 Å². The maximum Gasteiger partial charge on any atom is 0.123 e. The molecule has 1 aliphatic heterocycles. The summed E-state index contributed by atoms with van der Waals surface area (Å²) in [5.41, 5.74) is 2.27. The standard InChI is InChI=1S/C29H33FN2O2/c30-27-16-14-23(15-17-27)28(31-34)13-7-8-20-32-21-18-26(19-22-32)29(33,24-9-3-1-4-10-24)25-11-5-2-6-12-25/h1-6,9-12,14-17,26,33-34H,7-8,13,18-22H2. The van der Waals surface area contributed by atoms with Crippen LogP contribution in [0.25, 0.3) is 0 Å². The van der Waals surface area contributed by atoms with Crippen molar-refractivity contribution in [1.29, 1.82) is 0 Å². The van der Waals surface area contributed by atoms with Crippen LogP contribution in [0.2, 0.25) is 0 Å². The molecule has 4 nitrogen and oxygen atoms in total. The molecule has 0 saturated carbocycles. The molecule has 3 aromatic rings. The van der Waals surface area contributed by atoms with Gasteiger partial charge in [-0.25, -0.2) is 4.39 Å². The molecule has 0 aliphatic carbocycles. The smallest absolute Gasteiger partial charge is 0.123 e. The van der Waals surface area contributed by atoms with Crippen molar-refractivity contribution in [1.82, 2.24) is 4.90 Å². The average molecular weight is 461 g/mol. The van der Waals surface area contributed by atoms with Gasteiger partial charge in [-0.15, -0.1) is 0 Å². The molecule has 0 amide bonds. The van der Waals surface area contributed by atoms with Crippen molar-refractivity contribution in [3.63, 3.8) is 0 Å². The summed E-state index contributed by atoms with van der Waals surface area (Å²) in [6, 6.07) is 26.1. The Balaban J connectivity index is 1.31. The predicted octanol–water partition coefficient (Wildman–Crippen LogP) is 5.82. The van der Waals surface area contributed by atoms with Crippen LogP contribution >= 0.6 is 0 Å². The molecule has 0 unspecified atom stereocenters. The van der Waals surface area contributed by atoms with Gasteiger partial charge in [-0.3, -0.25) is 0 Å². The van der Waals surface area contributed by atoms with Gasteiger partial charge in [0.1, 0.15) is 11.4 Å². The maximum absolute atomic E-state index is 13.1. The summed E-state index contributed by atoms with van der Waals surface area (Å²) in [5.74, 6) is -0.143. The first-order valence-corrected chi connectivity index (χ1v) is 12.1. The van der Waals surface area contributed by atoms with Crippen molar-refractivity contribution in [3.05, 3.63) is 107 Å². The molecule has 4 rings (SSSR count). The van der Waals surface area contributed by atoms with E-state index in [0.717, 1.165) is 62.0 Å². The Bertz CT molecular complexity index is 1010. The van der Waals surface area contributed by atoms with E-state index in [0.29, 0.717) is 12.1 Å². The van der Waals surface area contributed by atoms with Gasteiger partial charge in [-0.05, 0) is 86.5 Å². The number of benzene rings is 3. The molecule has 0 radical (unpaired) electrons. The number of unbranched alkanes of at least 4 members (excludes halogenated alkanes) is 1. The minimum atomic E-state index is -0.990. The van der Waals surface area contributed by atoms with Crippen LogP contribution in [0.3, 0.4) is 0 Å². The molecule has 0 spiro atoms. The number of rotatable bonds is 9. The lowest BCUT2D eigenvalue weighted by Gasteiger charge is -2.42. The Hall–Kier alpha value is -3.02. The highest BCUT2D eigenvalue weighted by Gasteiger charge is 2.41. The number of hydrogen-bond acceptors (Lipinski definition) is 4. The average Bonchev–Trinajstić information content (AvgIpc) is 2.90. The maximum atomic E-state index is 13.1. The summed E-state index contributed by atoms with van der Waals surface area (Å²) in [4.78, 5) is 2.46. The highest BCUT2D eigenvalue weighted by Crippen LogP contribution is 2.41. The zero-order chi connectivity index (χ0) is 23.8. The van der Waals surface area contributed by atoms with E-state index in [4.69, 9.17) is 0 Å². The van der Waals surface area contributed by atoms with Crippen LogP contribution < -0.4 is 0 Å². The minimum absolute atomic E-state index is 0.153. The Kier molecular flexibility index (Phi) is 8.09. The van der Waals surface area contributed by atoms with Crippen LogP contribution in [0.5, 0.6) is 0 Å². The molecule has 1 fully saturated rings. The molecule has 1 heterocycles. The summed E-state index contributed by atoms with van der Waals surface area (Å²) >= 11 is 0. The minimum Gasteiger partial charge on any atom is -0.411 e. The molecular formula is C29H33FN2O2. The number of piperidine rings is 1. The number of hydrogen-bond donors (Lipinski definition) is 2.